The Hall–Kier alpha value is -2.79. The number of aromatic nitrogens is 2. The molecule has 22 heavy (non-hydrogen) atoms. The Bertz CT molecular complexity index is 769. The molecule has 2 heterocycles. The largest absolute Gasteiger partial charge is 0.462 e. The molecule has 2 rings (SSSR count). The number of ether oxygens (including phenoxy) is 1. The van der Waals surface area contributed by atoms with Gasteiger partial charge in [-0.3, -0.25) is 0 Å². The first kappa shape index (κ1) is 15.6. The summed E-state index contributed by atoms with van der Waals surface area (Å²) >= 11 is 0. The average Bonchev–Trinajstić information content (AvgIpc) is 2.92. The van der Waals surface area contributed by atoms with Gasteiger partial charge in [0.25, 0.3) is 0 Å². The summed E-state index contributed by atoms with van der Waals surface area (Å²) in [5.41, 5.74) is 10.8. The number of fused-ring (bicyclic) bond motifs is 1. The highest BCUT2D eigenvalue weighted by atomic mass is 16.5. The van der Waals surface area contributed by atoms with Crippen LogP contribution in [-0.4, -0.2) is 22.0 Å². The number of azide groups is 1. The minimum atomic E-state index is -0.655. The van der Waals surface area contributed by atoms with Crippen molar-refractivity contribution in [3.05, 3.63) is 51.9 Å². The molecule has 0 spiro atoms. The summed E-state index contributed by atoms with van der Waals surface area (Å²) in [6.07, 6.45) is 5.31. The van der Waals surface area contributed by atoms with Crippen LogP contribution in [0.2, 0.25) is 0 Å². The van der Waals surface area contributed by atoms with E-state index in [0.29, 0.717) is 17.1 Å². The molecule has 0 amide bonds. The van der Waals surface area contributed by atoms with Crippen LogP contribution in [0.15, 0.2) is 35.3 Å². The maximum atomic E-state index is 11.8. The van der Waals surface area contributed by atoms with Crippen LogP contribution in [0.25, 0.3) is 22.2 Å². The molecular formula is C15H17N5O2. The van der Waals surface area contributed by atoms with Crippen molar-refractivity contribution < 1.29 is 9.53 Å². The lowest BCUT2D eigenvalue weighted by Crippen LogP contribution is -2.05. The predicted molar refractivity (Wildman–Crippen MR) is 83.0 cm³/mol. The average molecular weight is 299 g/mol. The Kier molecular flexibility index (Phi) is 4.80. The summed E-state index contributed by atoms with van der Waals surface area (Å²) in [5, 5.41) is 3.42. The number of carbonyl (C=O) groups excluding carboxylic acids is 1. The highest BCUT2D eigenvalue weighted by Crippen LogP contribution is 2.19. The molecule has 0 unspecified atom stereocenters. The maximum Gasteiger partial charge on any atom is 0.340 e. The number of imidazole rings is 1. The van der Waals surface area contributed by atoms with Gasteiger partial charge in [0, 0.05) is 22.9 Å². The number of hydrogen-bond donors (Lipinski definition) is 0. The molecule has 0 atom stereocenters. The zero-order valence-electron chi connectivity index (χ0n) is 12.7. The van der Waals surface area contributed by atoms with Crippen LogP contribution in [0.4, 0.5) is 0 Å². The Morgan fingerprint density at radius 3 is 3.00 bits per heavy atom. The molecule has 7 heteroatoms. The third-order valence-electron chi connectivity index (χ3n) is 3.05. The molecular weight excluding hydrogens is 282 g/mol. The lowest BCUT2D eigenvalue weighted by atomic mass is 10.2. The second kappa shape index (κ2) is 6.78. The van der Waals surface area contributed by atoms with Gasteiger partial charge in [-0.05, 0) is 36.6 Å². The smallest absolute Gasteiger partial charge is 0.340 e. The van der Waals surface area contributed by atoms with Gasteiger partial charge in [0.2, 0.25) is 0 Å². The monoisotopic (exact) mass is 299 g/mol. The number of carbonyl (C=O) groups is 1. The fourth-order valence-corrected chi connectivity index (χ4v) is 1.97. The number of esters is 1. The molecule has 0 aliphatic carbocycles. The van der Waals surface area contributed by atoms with Gasteiger partial charge in [0.05, 0.1) is 12.3 Å². The molecule has 0 bridgehead atoms. The highest BCUT2D eigenvalue weighted by Gasteiger charge is 2.12. The molecule has 0 saturated carbocycles. The summed E-state index contributed by atoms with van der Waals surface area (Å²) in [6.45, 7) is 6.01. The van der Waals surface area contributed by atoms with Crippen molar-refractivity contribution in [1.29, 1.82) is 0 Å². The molecule has 0 fully saturated rings. The molecule has 0 aliphatic rings. The van der Waals surface area contributed by atoms with Gasteiger partial charge in [-0.2, -0.15) is 0 Å². The Balaban J connectivity index is 2.54. The van der Waals surface area contributed by atoms with E-state index in [-0.39, 0.29) is 12.3 Å². The van der Waals surface area contributed by atoms with E-state index in [1.165, 1.54) is 6.08 Å². The topological polar surface area (TPSA) is 92.4 Å². The van der Waals surface area contributed by atoms with Crippen LogP contribution < -0.4 is 0 Å². The van der Waals surface area contributed by atoms with E-state index in [1.807, 2.05) is 22.9 Å². The van der Waals surface area contributed by atoms with Crippen molar-refractivity contribution in [2.24, 2.45) is 5.11 Å². The van der Waals surface area contributed by atoms with Gasteiger partial charge >= 0.3 is 5.97 Å². The van der Waals surface area contributed by atoms with Gasteiger partial charge in [-0.1, -0.05) is 19.0 Å². The third-order valence-corrected chi connectivity index (χ3v) is 3.05. The molecule has 0 aliphatic heterocycles. The van der Waals surface area contributed by atoms with Crippen molar-refractivity contribution in [3.8, 4) is 0 Å². The normalized spacial score (nSPS) is 11.5. The first-order chi connectivity index (χ1) is 10.6. The van der Waals surface area contributed by atoms with E-state index in [9.17, 15) is 4.79 Å². The Morgan fingerprint density at radius 1 is 1.59 bits per heavy atom. The van der Waals surface area contributed by atoms with Gasteiger partial charge in [0.15, 0.2) is 0 Å². The molecule has 0 radical (unpaired) electrons. The van der Waals surface area contributed by atoms with Crippen molar-refractivity contribution in [2.45, 2.75) is 26.7 Å². The molecule has 114 valence electrons. The summed E-state index contributed by atoms with van der Waals surface area (Å²) in [5.74, 6) is -0.365. The highest BCUT2D eigenvalue weighted by molar-refractivity contribution is 5.94. The van der Waals surface area contributed by atoms with Crippen LogP contribution in [0.3, 0.4) is 0 Å². The minimum Gasteiger partial charge on any atom is -0.462 e. The molecule has 0 aromatic carbocycles. The van der Waals surface area contributed by atoms with E-state index in [4.69, 9.17) is 10.3 Å². The zero-order chi connectivity index (χ0) is 16.1. The number of hydrogen-bond acceptors (Lipinski definition) is 4. The number of pyridine rings is 1. The van der Waals surface area contributed by atoms with Gasteiger partial charge < -0.3 is 9.14 Å². The molecule has 2 aromatic heterocycles. The third kappa shape index (κ3) is 3.27. The molecule has 7 nitrogen and oxygen atoms in total. The molecule has 2 aromatic rings. The fourth-order valence-electron chi connectivity index (χ4n) is 1.97. The Morgan fingerprint density at radius 2 is 2.36 bits per heavy atom. The van der Waals surface area contributed by atoms with Crippen LogP contribution in [0, 0.1) is 0 Å². The summed E-state index contributed by atoms with van der Waals surface area (Å²) in [7, 11) is 0. The fraction of sp³-hybridized carbons (Fsp3) is 0.333. The second-order valence-electron chi connectivity index (χ2n) is 4.95. The van der Waals surface area contributed by atoms with E-state index in [0.717, 1.165) is 5.69 Å². The minimum absolute atomic E-state index is 0.0912. The van der Waals surface area contributed by atoms with Gasteiger partial charge in [0.1, 0.15) is 11.3 Å². The van der Waals surface area contributed by atoms with E-state index < -0.39 is 5.97 Å². The molecule has 0 saturated heterocycles. The first-order valence-electron chi connectivity index (χ1n) is 6.98. The SMILES string of the molecule is CCOC(=O)/C(=C/c1cccn2cc(C(C)C)nc12)N=[N+]=[N-]. The second-order valence-corrected chi connectivity index (χ2v) is 4.95. The van der Waals surface area contributed by atoms with Crippen molar-refractivity contribution in [3.63, 3.8) is 0 Å². The van der Waals surface area contributed by atoms with E-state index in [2.05, 4.69) is 28.9 Å². The predicted octanol–water partition coefficient (Wildman–Crippen LogP) is 3.67. The van der Waals surface area contributed by atoms with Crippen molar-refractivity contribution >= 4 is 17.7 Å². The zero-order valence-corrected chi connectivity index (χ0v) is 12.7. The molecule has 0 N–H and O–H groups in total. The van der Waals surface area contributed by atoms with Gasteiger partial charge in [-0.25, -0.2) is 9.78 Å². The standard InChI is InChI=1S/C15H17N5O2/c1-4-22-15(21)12(18-19-16)8-11-6-5-7-20-9-13(10(2)3)17-14(11)20/h5-10H,4H2,1-3H3/b12-8-. The van der Waals surface area contributed by atoms with Crippen LogP contribution >= 0.6 is 0 Å². The maximum absolute atomic E-state index is 11.8. The summed E-state index contributed by atoms with van der Waals surface area (Å²) in [6, 6.07) is 3.64. The van der Waals surface area contributed by atoms with Crippen molar-refractivity contribution in [2.75, 3.05) is 6.61 Å². The summed E-state index contributed by atoms with van der Waals surface area (Å²) in [4.78, 5) is 19.0. The van der Waals surface area contributed by atoms with E-state index in [1.54, 1.807) is 13.0 Å². The summed E-state index contributed by atoms with van der Waals surface area (Å²) < 4.78 is 6.76. The van der Waals surface area contributed by atoms with Crippen LogP contribution in [-0.2, 0) is 9.53 Å². The lowest BCUT2D eigenvalue weighted by Gasteiger charge is -2.02. The van der Waals surface area contributed by atoms with Crippen LogP contribution in [0.5, 0.6) is 0 Å². The number of rotatable bonds is 5. The first-order valence-corrected chi connectivity index (χ1v) is 6.98. The lowest BCUT2D eigenvalue weighted by molar-refractivity contribution is -0.138. The quantitative estimate of drug-likeness (QED) is 0.277. The van der Waals surface area contributed by atoms with E-state index >= 15 is 0 Å². The Labute approximate surface area is 127 Å². The van der Waals surface area contributed by atoms with Crippen LogP contribution in [0.1, 0.15) is 37.9 Å². The number of nitrogens with zero attached hydrogens (tertiary/aromatic N) is 5. The van der Waals surface area contributed by atoms with Gasteiger partial charge in [-0.15, -0.1) is 0 Å². The van der Waals surface area contributed by atoms with Crippen molar-refractivity contribution in [1.82, 2.24) is 9.38 Å².